The molecular formula is C18H24N2OS2. The molecule has 5 heteroatoms. The number of nitrogens with zero attached hydrogens (tertiary/aromatic N) is 2. The Morgan fingerprint density at radius 2 is 1.74 bits per heavy atom. The molecule has 23 heavy (non-hydrogen) atoms. The summed E-state index contributed by atoms with van der Waals surface area (Å²) in [6, 6.07) is 14.2. The molecule has 0 N–H and O–H groups in total. The summed E-state index contributed by atoms with van der Waals surface area (Å²) in [7, 11) is -0.879. The Morgan fingerprint density at radius 1 is 0.957 bits per heavy atom. The van der Waals surface area contributed by atoms with Crippen molar-refractivity contribution in [2.24, 2.45) is 0 Å². The summed E-state index contributed by atoms with van der Waals surface area (Å²) in [5.74, 6) is 0.731. The van der Waals surface area contributed by atoms with Crippen molar-refractivity contribution in [3.63, 3.8) is 0 Å². The van der Waals surface area contributed by atoms with Crippen LogP contribution in [0, 0.1) is 0 Å². The van der Waals surface area contributed by atoms with E-state index in [0.29, 0.717) is 0 Å². The molecule has 1 saturated heterocycles. The molecule has 3 rings (SSSR count). The van der Waals surface area contributed by atoms with Crippen molar-refractivity contribution in [2.45, 2.75) is 17.9 Å². The van der Waals surface area contributed by atoms with E-state index >= 15 is 0 Å². The summed E-state index contributed by atoms with van der Waals surface area (Å²) >= 11 is 1.84. The van der Waals surface area contributed by atoms with Crippen LogP contribution >= 0.6 is 11.3 Å². The molecule has 1 fully saturated rings. The Balaban J connectivity index is 1.44. The second kappa shape index (κ2) is 8.73. The van der Waals surface area contributed by atoms with Crippen LogP contribution in [-0.2, 0) is 17.3 Å². The highest BCUT2D eigenvalue weighted by atomic mass is 32.2. The average Bonchev–Trinajstić information content (AvgIpc) is 2.99. The molecule has 0 amide bonds. The van der Waals surface area contributed by atoms with E-state index in [4.69, 9.17) is 0 Å². The fourth-order valence-corrected chi connectivity index (χ4v) is 4.80. The zero-order chi connectivity index (χ0) is 15.9. The van der Waals surface area contributed by atoms with E-state index in [9.17, 15) is 4.21 Å². The second-order valence-electron chi connectivity index (χ2n) is 5.91. The van der Waals surface area contributed by atoms with E-state index in [1.165, 1.54) is 11.3 Å². The number of hydrogen-bond donors (Lipinski definition) is 0. The van der Waals surface area contributed by atoms with E-state index in [2.05, 4.69) is 27.3 Å². The highest BCUT2D eigenvalue weighted by Crippen LogP contribution is 2.14. The standard InChI is InChI=1S/C18H24N2OS2/c21-23(18-7-2-1-3-8-18)15-13-19-9-5-10-20(12-11-19)16-17-6-4-14-22-17/h1-4,6-8,14H,5,9-13,15-16H2/t23-/m0/s1. The third kappa shape index (κ3) is 5.24. The van der Waals surface area contributed by atoms with Crippen LogP contribution in [-0.4, -0.2) is 52.5 Å². The van der Waals surface area contributed by atoms with E-state index in [1.54, 1.807) is 0 Å². The molecule has 1 aliphatic rings. The molecule has 0 saturated carbocycles. The topological polar surface area (TPSA) is 23.6 Å². The van der Waals surface area contributed by atoms with Crippen molar-refractivity contribution in [2.75, 3.05) is 38.5 Å². The van der Waals surface area contributed by atoms with Crippen LogP contribution in [0.25, 0.3) is 0 Å². The zero-order valence-corrected chi connectivity index (χ0v) is 15.0. The first-order chi connectivity index (χ1) is 11.3. The van der Waals surface area contributed by atoms with E-state index in [1.807, 2.05) is 41.7 Å². The maximum atomic E-state index is 12.3. The van der Waals surface area contributed by atoms with Gasteiger partial charge in [0.05, 0.1) is 10.8 Å². The Kier molecular flexibility index (Phi) is 6.39. The Hall–Kier alpha value is -1.01. The molecule has 2 heterocycles. The van der Waals surface area contributed by atoms with Crippen molar-refractivity contribution < 1.29 is 4.21 Å². The largest absolute Gasteiger partial charge is 0.301 e. The Bertz CT molecular complexity index is 601. The summed E-state index contributed by atoms with van der Waals surface area (Å²) in [6.45, 7) is 6.46. The minimum Gasteiger partial charge on any atom is -0.301 e. The molecular weight excluding hydrogens is 324 g/mol. The first kappa shape index (κ1) is 16.8. The molecule has 0 radical (unpaired) electrons. The van der Waals surface area contributed by atoms with Crippen LogP contribution in [0.1, 0.15) is 11.3 Å². The van der Waals surface area contributed by atoms with Crippen molar-refractivity contribution in [3.8, 4) is 0 Å². The zero-order valence-electron chi connectivity index (χ0n) is 13.4. The van der Waals surface area contributed by atoms with Gasteiger partial charge in [-0.1, -0.05) is 24.3 Å². The fourth-order valence-electron chi connectivity index (χ4n) is 2.93. The summed E-state index contributed by atoms with van der Waals surface area (Å²) in [5, 5.41) is 2.15. The lowest BCUT2D eigenvalue weighted by atomic mass is 10.3. The van der Waals surface area contributed by atoms with Crippen LogP contribution in [0.2, 0.25) is 0 Å². The minimum absolute atomic E-state index is 0.731. The molecule has 1 aliphatic heterocycles. The quantitative estimate of drug-likeness (QED) is 0.802. The lowest BCUT2D eigenvalue weighted by Gasteiger charge is -2.21. The van der Waals surface area contributed by atoms with Gasteiger partial charge in [0.1, 0.15) is 0 Å². The van der Waals surface area contributed by atoms with Crippen molar-refractivity contribution in [3.05, 3.63) is 52.7 Å². The SMILES string of the molecule is O=[S@@](CCN1CCCN(Cc2cccs2)CC1)c1ccccc1. The predicted molar refractivity (Wildman–Crippen MR) is 98.4 cm³/mol. The Morgan fingerprint density at radius 3 is 2.52 bits per heavy atom. The molecule has 2 aromatic rings. The highest BCUT2D eigenvalue weighted by Gasteiger charge is 2.16. The van der Waals surface area contributed by atoms with Gasteiger partial charge in [0.2, 0.25) is 0 Å². The fraction of sp³-hybridized carbons (Fsp3) is 0.444. The molecule has 0 spiro atoms. The van der Waals surface area contributed by atoms with Gasteiger partial charge in [0.15, 0.2) is 0 Å². The molecule has 1 aromatic heterocycles. The van der Waals surface area contributed by atoms with E-state index < -0.39 is 10.8 Å². The highest BCUT2D eigenvalue weighted by molar-refractivity contribution is 7.85. The first-order valence-corrected chi connectivity index (χ1v) is 10.4. The number of hydrogen-bond acceptors (Lipinski definition) is 4. The molecule has 124 valence electrons. The lowest BCUT2D eigenvalue weighted by molar-refractivity contribution is 0.259. The van der Waals surface area contributed by atoms with E-state index in [-0.39, 0.29) is 0 Å². The maximum Gasteiger partial charge on any atom is 0.0542 e. The summed E-state index contributed by atoms with van der Waals surface area (Å²) < 4.78 is 12.3. The van der Waals surface area contributed by atoms with Crippen molar-refractivity contribution in [1.82, 2.24) is 9.80 Å². The molecule has 3 nitrogen and oxygen atoms in total. The number of rotatable bonds is 6. The summed E-state index contributed by atoms with van der Waals surface area (Å²) in [4.78, 5) is 7.40. The van der Waals surface area contributed by atoms with Crippen molar-refractivity contribution in [1.29, 1.82) is 0 Å². The third-order valence-electron chi connectivity index (χ3n) is 4.24. The van der Waals surface area contributed by atoms with Gasteiger partial charge in [-0.25, -0.2) is 0 Å². The average molecular weight is 349 g/mol. The summed E-state index contributed by atoms with van der Waals surface area (Å²) in [5.41, 5.74) is 0. The first-order valence-electron chi connectivity index (χ1n) is 8.22. The van der Waals surface area contributed by atoms with Gasteiger partial charge in [0.25, 0.3) is 0 Å². The van der Waals surface area contributed by atoms with Crippen molar-refractivity contribution >= 4 is 22.1 Å². The van der Waals surface area contributed by atoms with Crippen LogP contribution in [0.3, 0.4) is 0 Å². The van der Waals surface area contributed by atoms with E-state index in [0.717, 1.165) is 49.9 Å². The maximum absolute atomic E-state index is 12.3. The monoisotopic (exact) mass is 348 g/mol. The molecule has 0 unspecified atom stereocenters. The van der Waals surface area contributed by atoms with Gasteiger partial charge in [-0.3, -0.25) is 9.11 Å². The van der Waals surface area contributed by atoms with Gasteiger partial charge in [0, 0.05) is 41.7 Å². The molecule has 0 aliphatic carbocycles. The van der Waals surface area contributed by atoms with Gasteiger partial charge in [-0.2, -0.15) is 0 Å². The van der Waals surface area contributed by atoms with Crippen LogP contribution in [0.4, 0.5) is 0 Å². The van der Waals surface area contributed by atoms with Crippen LogP contribution in [0.5, 0.6) is 0 Å². The predicted octanol–water partition coefficient (Wildman–Crippen LogP) is 3.06. The van der Waals surface area contributed by atoms with Crippen LogP contribution < -0.4 is 0 Å². The van der Waals surface area contributed by atoms with Gasteiger partial charge >= 0.3 is 0 Å². The minimum atomic E-state index is -0.879. The number of benzene rings is 1. The second-order valence-corrected chi connectivity index (χ2v) is 8.52. The third-order valence-corrected chi connectivity index (χ3v) is 6.45. The smallest absolute Gasteiger partial charge is 0.0542 e. The van der Waals surface area contributed by atoms with Gasteiger partial charge < -0.3 is 4.90 Å². The van der Waals surface area contributed by atoms with Gasteiger partial charge in [-0.05, 0) is 43.1 Å². The Labute approximate surface area is 145 Å². The number of thiophene rings is 1. The lowest BCUT2D eigenvalue weighted by Crippen LogP contribution is -2.32. The summed E-state index contributed by atoms with van der Waals surface area (Å²) in [6.07, 6.45) is 1.20. The molecule has 1 aromatic carbocycles. The van der Waals surface area contributed by atoms with Crippen LogP contribution in [0.15, 0.2) is 52.7 Å². The van der Waals surface area contributed by atoms with Gasteiger partial charge in [-0.15, -0.1) is 11.3 Å². The molecule has 0 bridgehead atoms. The normalized spacial score (nSPS) is 18.6. The molecule has 1 atom stereocenters.